The first kappa shape index (κ1) is 10.5. The lowest BCUT2D eigenvalue weighted by molar-refractivity contribution is 0.0661. The highest BCUT2D eigenvalue weighted by atomic mass is 35.5. The van der Waals surface area contributed by atoms with Crippen LogP contribution in [-0.4, -0.2) is 13.2 Å². The molecule has 3 heteroatoms. The molecule has 0 saturated carbocycles. The molecular formula is C10H14ClNO. The minimum absolute atomic E-state index is 0.311. The Hall–Kier alpha value is -0.570. The monoisotopic (exact) mass is 199 g/mol. The van der Waals surface area contributed by atoms with E-state index in [1.54, 1.807) is 7.11 Å². The second kappa shape index (κ2) is 5.22. The lowest BCUT2D eigenvalue weighted by atomic mass is 10.1. The van der Waals surface area contributed by atoms with Crippen LogP contribution in [0.25, 0.3) is 0 Å². The Morgan fingerprint density at radius 3 is 2.54 bits per heavy atom. The molecule has 1 rings (SSSR count). The predicted octanol–water partition coefficient (Wildman–Crippen LogP) is 2.42. The highest BCUT2D eigenvalue weighted by Gasteiger charge is 2.01. The highest BCUT2D eigenvalue weighted by Crippen LogP contribution is 2.10. The van der Waals surface area contributed by atoms with E-state index in [0.717, 1.165) is 11.4 Å². The number of halogens is 1. The molecule has 1 atom stereocenters. The summed E-state index contributed by atoms with van der Waals surface area (Å²) in [6.45, 7) is 2.07. The number of benzene rings is 1. The van der Waals surface area contributed by atoms with Gasteiger partial charge in [-0.1, -0.05) is 23.7 Å². The Morgan fingerprint density at radius 2 is 2.00 bits per heavy atom. The molecular weight excluding hydrogens is 186 g/mol. The summed E-state index contributed by atoms with van der Waals surface area (Å²) >= 11 is 5.77. The molecule has 0 radical (unpaired) electrons. The van der Waals surface area contributed by atoms with E-state index < -0.39 is 0 Å². The maximum Gasteiger partial charge on any atom is 0.0572 e. The maximum atomic E-state index is 5.77. The molecule has 2 nitrogen and oxygen atoms in total. The Balaban J connectivity index is 2.49. The number of hydrogen-bond donors (Lipinski definition) is 1. The summed E-state index contributed by atoms with van der Waals surface area (Å²) in [6.07, 6.45) is 0.936. The maximum absolute atomic E-state index is 5.77. The van der Waals surface area contributed by atoms with Gasteiger partial charge in [0.2, 0.25) is 0 Å². The van der Waals surface area contributed by atoms with Crippen molar-refractivity contribution in [1.82, 2.24) is 5.48 Å². The van der Waals surface area contributed by atoms with Crippen molar-refractivity contribution < 1.29 is 4.84 Å². The van der Waals surface area contributed by atoms with Gasteiger partial charge in [-0.15, -0.1) is 0 Å². The first-order valence-electron chi connectivity index (χ1n) is 4.25. The van der Waals surface area contributed by atoms with Gasteiger partial charge < -0.3 is 4.84 Å². The highest BCUT2D eigenvalue weighted by molar-refractivity contribution is 6.30. The van der Waals surface area contributed by atoms with E-state index >= 15 is 0 Å². The fraction of sp³-hybridized carbons (Fsp3) is 0.400. The number of hydroxylamine groups is 1. The molecule has 1 aromatic rings. The molecule has 0 aliphatic heterocycles. The Bertz CT molecular complexity index is 248. The first-order valence-corrected chi connectivity index (χ1v) is 4.63. The molecule has 0 amide bonds. The summed E-state index contributed by atoms with van der Waals surface area (Å²) in [5, 5.41) is 0.774. The summed E-state index contributed by atoms with van der Waals surface area (Å²) in [5.74, 6) is 0. The number of hydrogen-bond acceptors (Lipinski definition) is 2. The van der Waals surface area contributed by atoms with Crippen molar-refractivity contribution in [2.45, 2.75) is 19.4 Å². The molecule has 0 bridgehead atoms. The van der Waals surface area contributed by atoms with Crippen molar-refractivity contribution in [3.05, 3.63) is 34.9 Å². The summed E-state index contributed by atoms with van der Waals surface area (Å²) in [6, 6.07) is 8.16. The Morgan fingerprint density at radius 1 is 1.38 bits per heavy atom. The van der Waals surface area contributed by atoms with Crippen molar-refractivity contribution in [3.8, 4) is 0 Å². The summed E-state index contributed by atoms with van der Waals surface area (Å²) in [4.78, 5) is 4.82. The molecule has 0 aliphatic carbocycles. The zero-order chi connectivity index (χ0) is 9.68. The van der Waals surface area contributed by atoms with Crippen LogP contribution in [0.3, 0.4) is 0 Å². The zero-order valence-corrected chi connectivity index (χ0v) is 8.64. The van der Waals surface area contributed by atoms with Gasteiger partial charge in [0.1, 0.15) is 0 Å². The minimum atomic E-state index is 0.311. The van der Waals surface area contributed by atoms with Crippen LogP contribution < -0.4 is 5.48 Å². The Labute approximate surface area is 83.8 Å². The molecule has 0 saturated heterocycles. The third-order valence-electron chi connectivity index (χ3n) is 1.77. The largest absolute Gasteiger partial charge is 0.305 e. The normalized spacial score (nSPS) is 12.8. The van der Waals surface area contributed by atoms with Crippen LogP contribution in [0.15, 0.2) is 24.3 Å². The quantitative estimate of drug-likeness (QED) is 0.753. The fourth-order valence-corrected chi connectivity index (χ4v) is 1.34. The van der Waals surface area contributed by atoms with Crippen molar-refractivity contribution >= 4 is 11.6 Å². The van der Waals surface area contributed by atoms with Gasteiger partial charge in [-0.2, -0.15) is 5.48 Å². The zero-order valence-electron chi connectivity index (χ0n) is 7.88. The molecule has 13 heavy (non-hydrogen) atoms. The molecule has 0 spiro atoms. The first-order chi connectivity index (χ1) is 6.22. The van der Waals surface area contributed by atoms with Crippen LogP contribution in [0.2, 0.25) is 5.02 Å². The smallest absolute Gasteiger partial charge is 0.0572 e. The molecule has 0 aromatic heterocycles. The predicted molar refractivity (Wildman–Crippen MR) is 54.8 cm³/mol. The van der Waals surface area contributed by atoms with E-state index in [4.69, 9.17) is 16.4 Å². The van der Waals surface area contributed by atoms with E-state index in [0.29, 0.717) is 6.04 Å². The summed E-state index contributed by atoms with van der Waals surface area (Å²) in [7, 11) is 1.62. The van der Waals surface area contributed by atoms with Crippen molar-refractivity contribution in [3.63, 3.8) is 0 Å². The summed E-state index contributed by atoms with van der Waals surface area (Å²) < 4.78 is 0. The average Bonchev–Trinajstić information content (AvgIpc) is 2.09. The van der Waals surface area contributed by atoms with Crippen LogP contribution in [0, 0.1) is 0 Å². The molecule has 0 heterocycles. The average molecular weight is 200 g/mol. The van der Waals surface area contributed by atoms with E-state index in [1.807, 2.05) is 24.3 Å². The van der Waals surface area contributed by atoms with Crippen molar-refractivity contribution in [2.24, 2.45) is 0 Å². The van der Waals surface area contributed by atoms with Gasteiger partial charge in [-0.25, -0.2) is 0 Å². The second-order valence-electron chi connectivity index (χ2n) is 3.05. The summed E-state index contributed by atoms with van der Waals surface area (Å²) in [5.41, 5.74) is 4.13. The molecule has 0 aliphatic rings. The van der Waals surface area contributed by atoms with E-state index in [2.05, 4.69) is 12.4 Å². The third-order valence-corrected chi connectivity index (χ3v) is 2.03. The van der Waals surface area contributed by atoms with Crippen LogP contribution in [0.4, 0.5) is 0 Å². The van der Waals surface area contributed by atoms with Crippen molar-refractivity contribution in [2.75, 3.05) is 7.11 Å². The SMILES string of the molecule is CON[C@@H](C)Cc1ccc(Cl)cc1. The molecule has 72 valence electrons. The minimum Gasteiger partial charge on any atom is -0.305 e. The van der Waals surface area contributed by atoms with Crippen LogP contribution in [0.1, 0.15) is 12.5 Å². The van der Waals surface area contributed by atoms with Crippen LogP contribution in [0.5, 0.6) is 0 Å². The van der Waals surface area contributed by atoms with E-state index in [9.17, 15) is 0 Å². The topological polar surface area (TPSA) is 21.3 Å². The number of nitrogens with one attached hydrogen (secondary N) is 1. The third kappa shape index (κ3) is 3.77. The molecule has 1 N–H and O–H groups in total. The van der Waals surface area contributed by atoms with Gasteiger partial charge in [0.05, 0.1) is 7.11 Å². The fourth-order valence-electron chi connectivity index (χ4n) is 1.22. The van der Waals surface area contributed by atoms with Gasteiger partial charge in [0, 0.05) is 11.1 Å². The van der Waals surface area contributed by atoms with Crippen molar-refractivity contribution in [1.29, 1.82) is 0 Å². The molecule has 1 aromatic carbocycles. The number of rotatable bonds is 4. The standard InChI is InChI=1S/C10H14ClNO/c1-8(12-13-2)7-9-3-5-10(11)6-4-9/h3-6,8,12H,7H2,1-2H3/t8-/m0/s1. The lowest BCUT2D eigenvalue weighted by Gasteiger charge is -2.11. The van der Waals surface area contributed by atoms with Gasteiger partial charge >= 0.3 is 0 Å². The lowest BCUT2D eigenvalue weighted by Crippen LogP contribution is -2.26. The van der Waals surface area contributed by atoms with Gasteiger partial charge in [0.25, 0.3) is 0 Å². The van der Waals surface area contributed by atoms with Crippen LogP contribution in [-0.2, 0) is 11.3 Å². The van der Waals surface area contributed by atoms with Gasteiger partial charge in [-0.3, -0.25) is 0 Å². The second-order valence-corrected chi connectivity index (χ2v) is 3.49. The molecule has 0 unspecified atom stereocenters. The van der Waals surface area contributed by atoms with Crippen LogP contribution >= 0.6 is 11.6 Å². The van der Waals surface area contributed by atoms with E-state index in [1.165, 1.54) is 5.56 Å². The van der Waals surface area contributed by atoms with Gasteiger partial charge in [-0.05, 0) is 31.0 Å². The van der Waals surface area contributed by atoms with Gasteiger partial charge in [0.15, 0.2) is 0 Å². The van der Waals surface area contributed by atoms with E-state index in [-0.39, 0.29) is 0 Å². The molecule has 0 fully saturated rings. The Kier molecular flexibility index (Phi) is 4.22.